The molecule has 3 N–H and O–H groups in total. The molecule has 0 bridgehead atoms. The van der Waals surface area contributed by atoms with Crippen LogP contribution in [0.25, 0.3) is 0 Å². The van der Waals surface area contributed by atoms with Gasteiger partial charge in [0.25, 0.3) is 0 Å². The van der Waals surface area contributed by atoms with Crippen molar-refractivity contribution in [1.82, 2.24) is 5.32 Å². The minimum atomic E-state index is 0.502. The van der Waals surface area contributed by atoms with Crippen molar-refractivity contribution in [2.75, 3.05) is 32.1 Å². The molecule has 0 saturated heterocycles. The quantitative estimate of drug-likeness (QED) is 0.443. The van der Waals surface area contributed by atoms with E-state index in [9.17, 15) is 0 Å². The molecule has 0 aliphatic carbocycles. The Morgan fingerprint density at radius 2 is 2.06 bits per heavy atom. The molecule has 0 radical (unpaired) electrons. The molecule has 0 heterocycles. The van der Waals surface area contributed by atoms with E-state index in [1.165, 1.54) is 5.69 Å². The van der Waals surface area contributed by atoms with E-state index in [4.69, 9.17) is 5.73 Å². The normalized spacial score (nSPS) is 11.2. The zero-order valence-electron chi connectivity index (χ0n) is 9.98. The molecule has 1 rings (SSSR count). The lowest BCUT2D eigenvalue weighted by molar-refractivity contribution is 0.749. The predicted molar refractivity (Wildman–Crippen MR) is 69.9 cm³/mol. The number of nitrogens with two attached hydrogens (primary N) is 1. The third-order valence-corrected chi connectivity index (χ3v) is 2.41. The van der Waals surface area contributed by atoms with Crippen molar-refractivity contribution < 1.29 is 0 Å². The number of para-hydroxylation sites is 1. The van der Waals surface area contributed by atoms with E-state index < -0.39 is 0 Å². The number of aliphatic imine (C=N–C) groups is 1. The zero-order valence-corrected chi connectivity index (χ0v) is 9.98. The molecule has 88 valence electrons. The summed E-state index contributed by atoms with van der Waals surface area (Å²) >= 11 is 0. The van der Waals surface area contributed by atoms with Gasteiger partial charge in [0.05, 0.1) is 0 Å². The number of nitrogens with zero attached hydrogens (tertiary/aromatic N) is 2. The van der Waals surface area contributed by atoms with Crippen molar-refractivity contribution >= 4 is 11.6 Å². The van der Waals surface area contributed by atoms with Gasteiger partial charge in [0, 0.05) is 32.9 Å². The van der Waals surface area contributed by atoms with Crippen LogP contribution in [0.3, 0.4) is 0 Å². The molecule has 0 aliphatic rings. The fourth-order valence-electron chi connectivity index (χ4n) is 1.42. The highest BCUT2D eigenvalue weighted by Crippen LogP contribution is 2.10. The summed E-state index contributed by atoms with van der Waals surface area (Å²) < 4.78 is 0. The van der Waals surface area contributed by atoms with Gasteiger partial charge in [-0.25, -0.2) is 0 Å². The molecule has 0 aliphatic heterocycles. The molecule has 0 spiro atoms. The van der Waals surface area contributed by atoms with E-state index in [2.05, 4.69) is 34.4 Å². The van der Waals surface area contributed by atoms with E-state index in [1.54, 1.807) is 7.05 Å². The Bertz CT molecular complexity index is 321. The van der Waals surface area contributed by atoms with Gasteiger partial charge >= 0.3 is 0 Å². The Morgan fingerprint density at radius 1 is 1.38 bits per heavy atom. The average Bonchev–Trinajstić information content (AvgIpc) is 2.35. The molecule has 0 saturated carbocycles. The first-order chi connectivity index (χ1) is 7.74. The average molecular weight is 220 g/mol. The number of nitrogens with one attached hydrogen (secondary N) is 1. The second-order valence-corrected chi connectivity index (χ2v) is 3.65. The maximum absolute atomic E-state index is 5.53. The zero-order chi connectivity index (χ0) is 11.8. The lowest BCUT2D eigenvalue weighted by Crippen LogP contribution is -2.33. The predicted octanol–water partition coefficient (Wildman–Crippen LogP) is 1.05. The minimum Gasteiger partial charge on any atom is -0.375 e. The van der Waals surface area contributed by atoms with E-state index in [0.717, 1.165) is 19.5 Å². The number of hydrogen-bond donors (Lipinski definition) is 2. The molecule has 4 heteroatoms. The Hall–Kier alpha value is -1.71. The SMILES string of the molecule is CN=C(N)NCCCN(C)c1ccccc1. The largest absolute Gasteiger partial charge is 0.375 e. The smallest absolute Gasteiger partial charge is 0.188 e. The van der Waals surface area contributed by atoms with Crippen LogP contribution in [0.1, 0.15) is 6.42 Å². The molecular formula is C12H20N4. The second-order valence-electron chi connectivity index (χ2n) is 3.65. The van der Waals surface area contributed by atoms with Crippen LogP contribution in [0.2, 0.25) is 0 Å². The van der Waals surface area contributed by atoms with E-state index in [-0.39, 0.29) is 0 Å². The lowest BCUT2D eigenvalue weighted by Gasteiger charge is -2.19. The van der Waals surface area contributed by atoms with Gasteiger partial charge in [-0.05, 0) is 18.6 Å². The van der Waals surface area contributed by atoms with Crippen LogP contribution in [-0.2, 0) is 0 Å². The molecule has 1 aromatic rings. The standard InChI is InChI=1S/C12H20N4/c1-14-12(13)15-9-6-10-16(2)11-7-4-3-5-8-11/h3-5,7-8H,6,9-10H2,1-2H3,(H3,13,14,15). The third kappa shape index (κ3) is 4.21. The van der Waals surface area contributed by atoms with Crippen molar-refractivity contribution in [1.29, 1.82) is 0 Å². The summed E-state index contributed by atoms with van der Waals surface area (Å²) in [5.41, 5.74) is 6.76. The first-order valence-corrected chi connectivity index (χ1v) is 5.46. The highest BCUT2D eigenvalue weighted by Gasteiger charge is 1.98. The van der Waals surface area contributed by atoms with Crippen molar-refractivity contribution in [3.63, 3.8) is 0 Å². The molecule has 16 heavy (non-hydrogen) atoms. The third-order valence-electron chi connectivity index (χ3n) is 2.41. The van der Waals surface area contributed by atoms with Gasteiger partial charge in [0.1, 0.15) is 0 Å². The van der Waals surface area contributed by atoms with Crippen LogP contribution in [0.4, 0.5) is 5.69 Å². The Morgan fingerprint density at radius 3 is 2.69 bits per heavy atom. The number of hydrogen-bond acceptors (Lipinski definition) is 2. The monoisotopic (exact) mass is 220 g/mol. The van der Waals surface area contributed by atoms with Crippen LogP contribution in [0, 0.1) is 0 Å². The van der Waals surface area contributed by atoms with E-state index >= 15 is 0 Å². The summed E-state index contributed by atoms with van der Waals surface area (Å²) in [4.78, 5) is 6.06. The maximum Gasteiger partial charge on any atom is 0.188 e. The van der Waals surface area contributed by atoms with Gasteiger partial charge in [-0.1, -0.05) is 18.2 Å². The van der Waals surface area contributed by atoms with Crippen molar-refractivity contribution in [3.8, 4) is 0 Å². The fourth-order valence-corrected chi connectivity index (χ4v) is 1.42. The van der Waals surface area contributed by atoms with Crippen molar-refractivity contribution in [2.45, 2.75) is 6.42 Å². The minimum absolute atomic E-state index is 0.502. The summed E-state index contributed by atoms with van der Waals surface area (Å²) in [6, 6.07) is 10.3. The molecule has 0 atom stereocenters. The highest BCUT2D eigenvalue weighted by molar-refractivity contribution is 5.77. The lowest BCUT2D eigenvalue weighted by atomic mass is 10.3. The van der Waals surface area contributed by atoms with Crippen LogP contribution >= 0.6 is 0 Å². The Balaban J connectivity index is 2.23. The number of benzene rings is 1. The second kappa shape index (κ2) is 6.71. The first kappa shape index (κ1) is 12.4. The fraction of sp³-hybridized carbons (Fsp3) is 0.417. The van der Waals surface area contributed by atoms with Crippen molar-refractivity contribution in [2.24, 2.45) is 10.7 Å². The summed E-state index contributed by atoms with van der Waals surface area (Å²) in [5.74, 6) is 0.502. The van der Waals surface area contributed by atoms with Gasteiger partial charge in [-0.15, -0.1) is 0 Å². The molecule has 0 fully saturated rings. The number of anilines is 1. The molecule has 0 aromatic heterocycles. The molecular weight excluding hydrogens is 200 g/mol. The summed E-state index contributed by atoms with van der Waals surface area (Å²) in [6.07, 6.45) is 1.03. The number of rotatable bonds is 5. The van der Waals surface area contributed by atoms with Crippen LogP contribution in [-0.4, -0.2) is 33.1 Å². The van der Waals surface area contributed by atoms with Gasteiger partial charge in [0.15, 0.2) is 5.96 Å². The van der Waals surface area contributed by atoms with Crippen LogP contribution in [0.15, 0.2) is 35.3 Å². The van der Waals surface area contributed by atoms with E-state index in [1.807, 2.05) is 18.2 Å². The van der Waals surface area contributed by atoms with Gasteiger partial charge in [0.2, 0.25) is 0 Å². The molecule has 0 amide bonds. The van der Waals surface area contributed by atoms with Crippen LogP contribution in [0.5, 0.6) is 0 Å². The molecule has 0 unspecified atom stereocenters. The van der Waals surface area contributed by atoms with Gasteiger partial charge in [-0.3, -0.25) is 4.99 Å². The van der Waals surface area contributed by atoms with Crippen molar-refractivity contribution in [3.05, 3.63) is 30.3 Å². The van der Waals surface area contributed by atoms with E-state index in [0.29, 0.717) is 5.96 Å². The molecule has 4 nitrogen and oxygen atoms in total. The highest BCUT2D eigenvalue weighted by atomic mass is 15.1. The summed E-state index contributed by atoms with van der Waals surface area (Å²) in [7, 11) is 3.77. The summed E-state index contributed by atoms with van der Waals surface area (Å²) in [5, 5.41) is 3.04. The van der Waals surface area contributed by atoms with Crippen LogP contribution < -0.4 is 16.0 Å². The Kier molecular flexibility index (Phi) is 5.19. The Labute approximate surface area is 97.2 Å². The van der Waals surface area contributed by atoms with Gasteiger partial charge < -0.3 is 16.0 Å². The first-order valence-electron chi connectivity index (χ1n) is 5.46. The maximum atomic E-state index is 5.53. The molecule has 1 aromatic carbocycles. The van der Waals surface area contributed by atoms with Gasteiger partial charge in [-0.2, -0.15) is 0 Å². The topological polar surface area (TPSA) is 53.6 Å². The number of guanidine groups is 1. The summed E-state index contributed by atoms with van der Waals surface area (Å²) in [6.45, 7) is 1.84.